The summed E-state index contributed by atoms with van der Waals surface area (Å²) in [5, 5.41) is 0. The van der Waals surface area contributed by atoms with Crippen LogP contribution in [-0.4, -0.2) is 19.9 Å². The molecule has 1 fully saturated rings. The van der Waals surface area contributed by atoms with Gasteiger partial charge in [-0.2, -0.15) is 0 Å². The molecule has 4 aromatic carbocycles. The van der Waals surface area contributed by atoms with Gasteiger partial charge in [0.25, 0.3) is 0 Å². The Morgan fingerprint density at radius 3 is 1.64 bits per heavy atom. The Hall–Kier alpha value is -4.96. The predicted molar refractivity (Wildman–Crippen MR) is 169 cm³/mol. The van der Waals surface area contributed by atoms with Gasteiger partial charge < -0.3 is 0 Å². The summed E-state index contributed by atoms with van der Waals surface area (Å²) in [5.41, 5.74) is 15.0. The molecule has 1 spiro atoms. The van der Waals surface area contributed by atoms with Gasteiger partial charge in [0, 0.05) is 41.3 Å². The van der Waals surface area contributed by atoms with E-state index in [-0.39, 0.29) is 5.41 Å². The average Bonchev–Trinajstić information content (AvgIpc) is 3.35. The van der Waals surface area contributed by atoms with E-state index in [1.54, 1.807) is 12.7 Å². The minimum absolute atomic E-state index is 0.130. The largest absolute Gasteiger partial charge is 0.244 e. The zero-order valence-electron chi connectivity index (χ0n) is 23.4. The lowest BCUT2D eigenvalue weighted by molar-refractivity contribution is 0.353. The fourth-order valence-corrected chi connectivity index (χ4v) is 7.31. The third kappa shape index (κ3) is 4.06. The first-order valence-electron chi connectivity index (χ1n) is 14.8. The van der Waals surface area contributed by atoms with Gasteiger partial charge in [-0.05, 0) is 86.7 Å². The van der Waals surface area contributed by atoms with E-state index in [2.05, 4.69) is 105 Å². The Morgan fingerprint density at radius 1 is 0.429 bits per heavy atom. The topological polar surface area (TPSA) is 51.6 Å². The first-order chi connectivity index (χ1) is 20.8. The second-order valence-electron chi connectivity index (χ2n) is 11.5. The molecule has 202 valence electrons. The number of nitrogens with zero attached hydrogens (tertiary/aromatic N) is 4. The Morgan fingerprint density at radius 2 is 0.952 bits per heavy atom. The van der Waals surface area contributed by atoms with E-state index in [1.165, 1.54) is 71.0 Å². The van der Waals surface area contributed by atoms with Crippen LogP contribution in [0.3, 0.4) is 0 Å². The van der Waals surface area contributed by atoms with Crippen LogP contribution in [0.4, 0.5) is 0 Å². The van der Waals surface area contributed by atoms with E-state index in [0.29, 0.717) is 0 Å². The van der Waals surface area contributed by atoms with Gasteiger partial charge >= 0.3 is 0 Å². The molecule has 0 aliphatic heterocycles. The third-order valence-corrected chi connectivity index (χ3v) is 9.25. The van der Waals surface area contributed by atoms with Crippen molar-refractivity contribution in [1.29, 1.82) is 0 Å². The standard InChI is InChI=1S/C38H30N4/c1-4-15-38(16-5-1)35-9-3-2-7-34(35)37-33(8-6-10-36(37)38)30-18-28(17-29(19-30)32-22-41-25-42-23-32)26-11-13-27(14-12-26)31-20-39-24-40-21-31/h2-3,6-14,17-25H,1,4-5,15-16H2. The van der Waals surface area contributed by atoms with E-state index in [0.717, 1.165) is 27.8 Å². The zero-order valence-corrected chi connectivity index (χ0v) is 23.4. The van der Waals surface area contributed by atoms with Crippen molar-refractivity contribution in [3.63, 3.8) is 0 Å². The highest BCUT2D eigenvalue weighted by atomic mass is 14.8. The van der Waals surface area contributed by atoms with Gasteiger partial charge in [0.1, 0.15) is 12.7 Å². The molecule has 8 rings (SSSR count). The van der Waals surface area contributed by atoms with Gasteiger partial charge in [-0.15, -0.1) is 0 Å². The molecular formula is C38H30N4. The summed E-state index contributed by atoms with van der Waals surface area (Å²) in [6.07, 6.45) is 17.0. The molecule has 0 N–H and O–H groups in total. The fraction of sp³-hybridized carbons (Fsp3) is 0.158. The average molecular weight is 543 g/mol. The molecule has 0 amide bonds. The van der Waals surface area contributed by atoms with Gasteiger partial charge in [-0.3, -0.25) is 0 Å². The number of benzene rings is 4. The lowest BCUT2D eigenvalue weighted by Crippen LogP contribution is -2.27. The molecule has 0 bridgehead atoms. The molecule has 0 atom stereocenters. The van der Waals surface area contributed by atoms with Crippen LogP contribution in [-0.2, 0) is 5.41 Å². The minimum atomic E-state index is 0.130. The van der Waals surface area contributed by atoms with Crippen LogP contribution >= 0.6 is 0 Å². The van der Waals surface area contributed by atoms with Crippen LogP contribution in [0.25, 0.3) is 55.6 Å². The molecule has 4 nitrogen and oxygen atoms in total. The van der Waals surface area contributed by atoms with Crippen LogP contribution in [0.2, 0.25) is 0 Å². The first kappa shape index (κ1) is 24.8. The third-order valence-electron chi connectivity index (χ3n) is 9.25. The summed E-state index contributed by atoms with van der Waals surface area (Å²) < 4.78 is 0. The Balaban J connectivity index is 1.31. The second kappa shape index (κ2) is 10.1. The first-order valence-corrected chi connectivity index (χ1v) is 14.8. The lowest BCUT2D eigenvalue weighted by atomic mass is 9.68. The van der Waals surface area contributed by atoms with Crippen LogP contribution in [0.5, 0.6) is 0 Å². The SMILES string of the molecule is c1ccc2c(c1)-c1c(-c3cc(-c4ccc(-c5cncnc5)cc4)cc(-c4cncnc4)c3)cccc1C21CCCCC1. The van der Waals surface area contributed by atoms with Crippen LogP contribution < -0.4 is 0 Å². The molecule has 2 aromatic heterocycles. The van der Waals surface area contributed by atoms with Crippen LogP contribution in [0, 0.1) is 0 Å². The highest BCUT2D eigenvalue weighted by Gasteiger charge is 2.44. The maximum absolute atomic E-state index is 4.33. The monoisotopic (exact) mass is 542 g/mol. The van der Waals surface area contributed by atoms with Gasteiger partial charge in [-0.25, -0.2) is 19.9 Å². The molecule has 0 saturated heterocycles. The lowest BCUT2D eigenvalue weighted by Gasteiger charge is -2.36. The molecular weight excluding hydrogens is 512 g/mol. The smallest absolute Gasteiger partial charge is 0.115 e. The van der Waals surface area contributed by atoms with Crippen molar-refractivity contribution in [2.75, 3.05) is 0 Å². The van der Waals surface area contributed by atoms with Gasteiger partial charge in [0.2, 0.25) is 0 Å². The molecule has 6 aromatic rings. The van der Waals surface area contributed by atoms with Crippen molar-refractivity contribution in [3.8, 4) is 55.6 Å². The fourth-order valence-electron chi connectivity index (χ4n) is 7.31. The number of rotatable bonds is 4. The summed E-state index contributed by atoms with van der Waals surface area (Å²) in [6, 6.07) is 31.7. The summed E-state index contributed by atoms with van der Waals surface area (Å²) >= 11 is 0. The summed E-state index contributed by atoms with van der Waals surface area (Å²) in [4.78, 5) is 17.0. The van der Waals surface area contributed by atoms with Crippen molar-refractivity contribution in [1.82, 2.24) is 19.9 Å². The molecule has 4 heteroatoms. The number of hydrogen-bond acceptors (Lipinski definition) is 4. The number of fused-ring (bicyclic) bond motifs is 5. The van der Waals surface area contributed by atoms with Crippen molar-refractivity contribution in [3.05, 3.63) is 133 Å². The molecule has 42 heavy (non-hydrogen) atoms. The Bertz CT molecular complexity index is 1890. The van der Waals surface area contributed by atoms with Gasteiger partial charge in [-0.1, -0.05) is 86.0 Å². The maximum Gasteiger partial charge on any atom is 0.115 e. The van der Waals surface area contributed by atoms with Crippen LogP contribution in [0.1, 0.15) is 43.2 Å². The van der Waals surface area contributed by atoms with Crippen molar-refractivity contribution in [2.45, 2.75) is 37.5 Å². The van der Waals surface area contributed by atoms with Crippen LogP contribution in [0.15, 0.2) is 122 Å². The quantitative estimate of drug-likeness (QED) is 0.223. The summed E-state index contributed by atoms with van der Waals surface area (Å²) in [6.45, 7) is 0. The molecule has 1 saturated carbocycles. The number of hydrogen-bond donors (Lipinski definition) is 0. The molecule has 2 aliphatic carbocycles. The van der Waals surface area contributed by atoms with E-state index >= 15 is 0 Å². The van der Waals surface area contributed by atoms with E-state index in [1.807, 2.05) is 24.8 Å². The highest BCUT2D eigenvalue weighted by Crippen LogP contribution is 2.58. The summed E-state index contributed by atoms with van der Waals surface area (Å²) in [7, 11) is 0. The second-order valence-corrected chi connectivity index (χ2v) is 11.5. The predicted octanol–water partition coefficient (Wildman–Crippen LogP) is 9.17. The van der Waals surface area contributed by atoms with Gasteiger partial charge in [0.05, 0.1) is 0 Å². The van der Waals surface area contributed by atoms with Crippen molar-refractivity contribution < 1.29 is 0 Å². The molecule has 2 aliphatic rings. The molecule has 0 radical (unpaired) electrons. The highest BCUT2D eigenvalue weighted by molar-refractivity contribution is 5.94. The van der Waals surface area contributed by atoms with Crippen molar-refractivity contribution in [2.24, 2.45) is 0 Å². The normalized spacial score (nSPS) is 14.9. The van der Waals surface area contributed by atoms with Crippen molar-refractivity contribution >= 4 is 0 Å². The Labute approximate surface area is 246 Å². The van der Waals surface area contributed by atoms with E-state index in [4.69, 9.17) is 0 Å². The molecule has 0 unspecified atom stereocenters. The summed E-state index contributed by atoms with van der Waals surface area (Å²) in [5.74, 6) is 0. The van der Waals surface area contributed by atoms with E-state index in [9.17, 15) is 0 Å². The molecule has 2 heterocycles. The Kier molecular flexibility index (Phi) is 5.99. The maximum atomic E-state index is 4.33. The number of aromatic nitrogens is 4. The zero-order chi connectivity index (χ0) is 27.9. The van der Waals surface area contributed by atoms with E-state index < -0.39 is 0 Å². The minimum Gasteiger partial charge on any atom is -0.244 e. The van der Waals surface area contributed by atoms with Gasteiger partial charge in [0.15, 0.2) is 0 Å².